The van der Waals surface area contributed by atoms with Gasteiger partial charge in [0.15, 0.2) is 17.5 Å². The summed E-state index contributed by atoms with van der Waals surface area (Å²) in [6.07, 6.45) is 0.581. The molecule has 4 rings (SSSR count). The molecule has 0 bridgehead atoms. The van der Waals surface area contributed by atoms with Crippen molar-refractivity contribution in [3.8, 4) is 11.4 Å². The standard InChI is InChI=1S/C29H29ClF3N5O4/c1-14(2)23-17(13-38-24(23)27(40)36-25(37-38)16-6-8-18(30)20(32)11-16)26(39)35-22(12-34-28(41)42-29(3,4)5)15-7-9-19(31)21(33)10-15/h6-11,13-14,22H,12H2,1-5H3,(H,34,41)(H,35,39)(H,36,37,40). The fourth-order valence-electron chi connectivity index (χ4n) is 4.37. The van der Waals surface area contributed by atoms with Crippen LogP contribution in [0, 0.1) is 17.5 Å². The number of carbonyl (C=O) groups excluding carboxylic acids is 2. The molecule has 2 aromatic carbocycles. The smallest absolute Gasteiger partial charge is 0.407 e. The maximum absolute atomic E-state index is 14.1. The molecule has 0 aliphatic heterocycles. The quantitative estimate of drug-likeness (QED) is 0.244. The number of ether oxygens (including phenoxy) is 1. The lowest BCUT2D eigenvalue weighted by atomic mass is 9.99. The number of fused-ring (bicyclic) bond motifs is 1. The van der Waals surface area contributed by atoms with Crippen LogP contribution < -0.4 is 16.2 Å². The fourth-order valence-corrected chi connectivity index (χ4v) is 4.49. The molecule has 2 amide bonds. The molecule has 4 aromatic rings. The van der Waals surface area contributed by atoms with Gasteiger partial charge in [-0.3, -0.25) is 9.59 Å². The number of benzene rings is 2. The van der Waals surface area contributed by atoms with Gasteiger partial charge in [-0.1, -0.05) is 31.5 Å². The Kier molecular flexibility index (Phi) is 8.67. The zero-order chi connectivity index (χ0) is 30.9. The average Bonchev–Trinajstić information content (AvgIpc) is 3.29. The second-order valence-electron chi connectivity index (χ2n) is 10.9. The third kappa shape index (κ3) is 6.76. The lowest BCUT2D eigenvalue weighted by Gasteiger charge is -2.23. The lowest BCUT2D eigenvalue weighted by Crippen LogP contribution is -2.40. The Labute approximate surface area is 244 Å². The minimum Gasteiger partial charge on any atom is -0.444 e. The summed E-state index contributed by atoms with van der Waals surface area (Å²) in [5.74, 6) is -3.85. The zero-order valence-corrected chi connectivity index (χ0v) is 24.2. The van der Waals surface area contributed by atoms with Gasteiger partial charge in [0, 0.05) is 23.9 Å². The molecule has 2 heterocycles. The van der Waals surface area contributed by atoms with Gasteiger partial charge in [-0.2, -0.15) is 0 Å². The first-order valence-electron chi connectivity index (χ1n) is 13.0. The van der Waals surface area contributed by atoms with E-state index in [0.29, 0.717) is 5.56 Å². The molecule has 3 N–H and O–H groups in total. The number of hydrogen-bond donors (Lipinski definition) is 3. The van der Waals surface area contributed by atoms with Crippen molar-refractivity contribution in [2.45, 2.75) is 52.2 Å². The van der Waals surface area contributed by atoms with Crippen LogP contribution in [0.25, 0.3) is 16.9 Å². The maximum Gasteiger partial charge on any atom is 0.407 e. The summed E-state index contributed by atoms with van der Waals surface area (Å²) in [5.41, 5.74) is -0.359. The van der Waals surface area contributed by atoms with Crippen molar-refractivity contribution in [1.82, 2.24) is 25.2 Å². The maximum atomic E-state index is 14.1. The van der Waals surface area contributed by atoms with E-state index < -0.39 is 46.7 Å². The van der Waals surface area contributed by atoms with Gasteiger partial charge in [-0.15, -0.1) is 5.10 Å². The summed E-state index contributed by atoms with van der Waals surface area (Å²) in [6.45, 7) is 8.38. The van der Waals surface area contributed by atoms with E-state index in [1.165, 1.54) is 28.9 Å². The van der Waals surface area contributed by atoms with Crippen LogP contribution in [0.1, 0.15) is 68.1 Å². The molecule has 0 aliphatic carbocycles. The second-order valence-corrected chi connectivity index (χ2v) is 11.3. The molecule has 9 nitrogen and oxygen atoms in total. The van der Waals surface area contributed by atoms with E-state index in [1.807, 2.05) is 0 Å². The molecule has 0 radical (unpaired) electrons. The lowest BCUT2D eigenvalue weighted by molar-refractivity contribution is 0.0519. The number of rotatable bonds is 7. The van der Waals surface area contributed by atoms with Gasteiger partial charge >= 0.3 is 6.09 Å². The molecular weight excluding hydrogens is 575 g/mol. The van der Waals surface area contributed by atoms with Crippen LogP contribution >= 0.6 is 11.6 Å². The van der Waals surface area contributed by atoms with E-state index in [-0.39, 0.29) is 45.5 Å². The predicted octanol–water partition coefficient (Wildman–Crippen LogP) is 5.88. The van der Waals surface area contributed by atoms with E-state index in [1.54, 1.807) is 34.6 Å². The first-order valence-corrected chi connectivity index (χ1v) is 13.4. The first kappa shape index (κ1) is 30.6. The Morgan fingerprint density at radius 3 is 2.40 bits per heavy atom. The molecule has 13 heteroatoms. The Balaban J connectivity index is 1.72. The summed E-state index contributed by atoms with van der Waals surface area (Å²) in [7, 11) is 0. The number of aromatic nitrogens is 3. The summed E-state index contributed by atoms with van der Waals surface area (Å²) in [4.78, 5) is 41.8. The van der Waals surface area contributed by atoms with Crippen LogP contribution in [-0.2, 0) is 4.74 Å². The number of hydrogen-bond acceptors (Lipinski definition) is 5. The normalized spacial score (nSPS) is 12.4. The van der Waals surface area contributed by atoms with Crippen molar-refractivity contribution in [2.24, 2.45) is 0 Å². The highest BCUT2D eigenvalue weighted by molar-refractivity contribution is 6.30. The van der Waals surface area contributed by atoms with E-state index in [2.05, 4.69) is 20.7 Å². The third-order valence-corrected chi connectivity index (χ3v) is 6.50. The van der Waals surface area contributed by atoms with Gasteiger partial charge in [0.25, 0.3) is 11.5 Å². The summed E-state index contributed by atoms with van der Waals surface area (Å²) < 4.78 is 48.3. The van der Waals surface area contributed by atoms with Crippen molar-refractivity contribution in [2.75, 3.05) is 6.54 Å². The predicted molar refractivity (Wildman–Crippen MR) is 151 cm³/mol. The van der Waals surface area contributed by atoms with Gasteiger partial charge in [0.2, 0.25) is 0 Å². The van der Waals surface area contributed by atoms with Gasteiger partial charge in [0.1, 0.15) is 16.9 Å². The Morgan fingerprint density at radius 1 is 1.07 bits per heavy atom. The van der Waals surface area contributed by atoms with Crippen molar-refractivity contribution in [3.63, 3.8) is 0 Å². The highest BCUT2D eigenvalue weighted by Crippen LogP contribution is 2.27. The monoisotopic (exact) mass is 603 g/mol. The van der Waals surface area contributed by atoms with E-state index >= 15 is 0 Å². The Morgan fingerprint density at radius 2 is 1.79 bits per heavy atom. The van der Waals surface area contributed by atoms with Gasteiger partial charge < -0.3 is 20.4 Å². The molecule has 0 saturated heterocycles. The molecule has 2 aromatic heterocycles. The summed E-state index contributed by atoms with van der Waals surface area (Å²) in [6, 6.07) is 6.03. The molecule has 0 spiro atoms. The largest absolute Gasteiger partial charge is 0.444 e. The molecule has 1 atom stereocenters. The molecule has 42 heavy (non-hydrogen) atoms. The minimum atomic E-state index is -1.14. The Bertz CT molecular complexity index is 1730. The number of aromatic amines is 1. The number of alkyl carbamates (subject to hydrolysis) is 1. The fraction of sp³-hybridized carbons (Fsp3) is 0.310. The van der Waals surface area contributed by atoms with Crippen LogP contribution in [0.3, 0.4) is 0 Å². The number of nitrogens with zero attached hydrogens (tertiary/aromatic N) is 2. The van der Waals surface area contributed by atoms with Crippen LogP contribution in [0.2, 0.25) is 5.02 Å². The van der Waals surface area contributed by atoms with Crippen LogP contribution in [0.15, 0.2) is 47.4 Å². The van der Waals surface area contributed by atoms with E-state index in [4.69, 9.17) is 16.3 Å². The van der Waals surface area contributed by atoms with Crippen molar-refractivity contribution in [1.29, 1.82) is 0 Å². The number of amides is 2. The van der Waals surface area contributed by atoms with Crippen LogP contribution in [-0.4, -0.2) is 38.7 Å². The van der Waals surface area contributed by atoms with Crippen molar-refractivity contribution in [3.05, 3.63) is 92.1 Å². The molecule has 1 unspecified atom stereocenters. The number of carbonyl (C=O) groups is 2. The van der Waals surface area contributed by atoms with Gasteiger partial charge in [-0.25, -0.2) is 22.5 Å². The van der Waals surface area contributed by atoms with Crippen LogP contribution in [0.4, 0.5) is 18.0 Å². The first-order chi connectivity index (χ1) is 19.6. The number of H-pyrrole nitrogens is 1. The average molecular weight is 604 g/mol. The van der Waals surface area contributed by atoms with E-state index in [0.717, 1.165) is 18.2 Å². The van der Waals surface area contributed by atoms with Crippen molar-refractivity contribution >= 4 is 29.1 Å². The molecule has 0 saturated carbocycles. The van der Waals surface area contributed by atoms with Crippen LogP contribution in [0.5, 0.6) is 0 Å². The summed E-state index contributed by atoms with van der Waals surface area (Å²) >= 11 is 5.77. The highest BCUT2D eigenvalue weighted by Gasteiger charge is 2.26. The molecule has 222 valence electrons. The SMILES string of the molecule is CC(C)c1c(C(=O)NC(CNC(=O)OC(C)(C)C)c2ccc(F)c(F)c2)cn2nc(-c3ccc(Cl)c(F)c3)[nH]c(=O)c12. The number of halogens is 4. The highest BCUT2D eigenvalue weighted by atomic mass is 35.5. The Hall–Kier alpha value is -4.32. The van der Waals surface area contributed by atoms with Gasteiger partial charge in [-0.05, 0) is 62.6 Å². The van der Waals surface area contributed by atoms with E-state index in [9.17, 15) is 27.6 Å². The molecular formula is C29H29ClF3N5O4. The molecule has 0 fully saturated rings. The van der Waals surface area contributed by atoms with Crippen molar-refractivity contribution < 1.29 is 27.5 Å². The minimum absolute atomic E-state index is 0.0431. The molecule has 0 aliphatic rings. The topological polar surface area (TPSA) is 118 Å². The second kappa shape index (κ2) is 11.9. The summed E-state index contributed by atoms with van der Waals surface area (Å²) in [5, 5.41) is 9.55. The third-order valence-electron chi connectivity index (χ3n) is 6.20. The number of nitrogens with one attached hydrogen (secondary N) is 3. The van der Waals surface area contributed by atoms with Gasteiger partial charge in [0.05, 0.1) is 16.6 Å². The zero-order valence-electron chi connectivity index (χ0n) is 23.4.